The van der Waals surface area contributed by atoms with Crippen LogP contribution in [0.3, 0.4) is 0 Å². The van der Waals surface area contributed by atoms with Crippen LogP contribution in [0.15, 0.2) is 0 Å². The Labute approximate surface area is 69.0 Å². The van der Waals surface area contributed by atoms with E-state index < -0.39 is 0 Å². The minimum atomic E-state index is -0.0405. The Morgan fingerprint density at radius 1 is 1.45 bits per heavy atom. The predicted octanol–water partition coefficient (Wildman–Crippen LogP) is 1.15. The van der Waals surface area contributed by atoms with Crippen LogP contribution >= 0.6 is 0 Å². The van der Waals surface area contributed by atoms with Crippen LogP contribution in [-0.2, 0) is 0 Å². The maximum Gasteiger partial charge on any atom is 0.0580 e. The normalized spacial score (nSPS) is 31.6. The summed E-state index contributed by atoms with van der Waals surface area (Å²) in [5.74, 6) is 0.511. The zero-order chi connectivity index (χ0) is 8.27. The van der Waals surface area contributed by atoms with Crippen LogP contribution in [-0.4, -0.2) is 23.8 Å². The van der Waals surface area contributed by atoms with Gasteiger partial charge in [0.15, 0.2) is 0 Å². The largest absolute Gasteiger partial charge is 0.393 e. The fourth-order valence-corrected chi connectivity index (χ4v) is 1.64. The lowest BCUT2D eigenvalue weighted by Crippen LogP contribution is -2.32. The van der Waals surface area contributed by atoms with Gasteiger partial charge in [0.25, 0.3) is 0 Å². The quantitative estimate of drug-likeness (QED) is 0.644. The molecule has 0 aromatic rings. The molecule has 0 bridgehead atoms. The number of hydrogen-bond donors (Lipinski definition) is 2. The van der Waals surface area contributed by atoms with Crippen LogP contribution < -0.4 is 5.32 Å². The van der Waals surface area contributed by atoms with E-state index in [9.17, 15) is 5.11 Å². The summed E-state index contributed by atoms with van der Waals surface area (Å²) in [4.78, 5) is 0. The van der Waals surface area contributed by atoms with Crippen molar-refractivity contribution in [1.82, 2.24) is 5.32 Å². The van der Waals surface area contributed by atoms with E-state index in [1.165, 1.54) is 12.8 Å². The van der Waals surface area contributed by atoms with E-state index >= 15 is 0 Å². The van der Waals surface area contributed by atoms with Crippen molar-refractivity contribution in [3.8, 4) is 0 Å². The zero-order valence-corrected chi connectivity index (χ0v) is 7.51. The first-order chi connectivity index (χ1) is 5.20. The molecule has 2 N–H and O–H groups in total. The molecule has 0 radical (unpaired) electrons. The molecular weight excluding hydrogens is 138 g/mol. The van der Waals surface area contributed by atoms with Gasteiger partial charge in [0.1, 0.15) is 0 Å². The molecule has 2 nitrogen and oxygen atoms in total. The van der Waals surface area contributed by atoms with Gasteiger partial charge < -0.3 is 10.4 Å². The summed E-state index contributed by atoms with van der Waals surface area (Å²) in [6.45, 7) is 5.27. The van der Waals surface area contributed by atoms with Crippen molar-refractivity contribution >= 4 is 0 Å². The average Bonchev–Trinajstić information content (AvgIpc) is 2.31. The first-order valence-electron chi connectivity index (χ1n) is 4.61. The third-order valence-corrected chi connectivity index (χ3v) is 2.41. The summed E-state index contributed by atoms with van der Waals surface area (Å²) in [7, 11) is 0. The molecule has 0 aromatic carbocycles. The molecule has 1 fully saturated rings. The van der Waals surface area contributed by atoms with E-state index in [1.54, 1.807) is 0 Å². The van der Waals surface area contributed by atoms with Crippen LogP contribution in [0.5, 0.6) is 0 Å². The first kappa shape index (κ1) is 9.01. The second-order valence-corrected chi connectivity index (χ2v) is 3.82. The SMILES string of the molecule is CC(C)NCC1CCCC1O. The van der Waals surface area contributed by atoms with Crippen molar-refractivity contribution in [2.45, 2.75) is 45.3 Å². The molecular formula is C9H19NO. The van der Waals surface area contributed by atoms with E-state index in [0.29, 0.717) is 12.0 Å². The lowest BCUT2D eigenvalue weighted by Gasteiger charge is -2.16. The molecule has 0 heterocycles. The molecule has 1 saturated carbocycles. The third kappa shape index (κ3) is 2.80. The van der Waals surface area contributed by atoms with Crippen molar-refractivity contribution < 1.29 is 5.11 Å². The molecule has 0 aromatic heterocycles. The van der Waals surface area contributed by atoms with Gasteiger partial charge in [-0.05, 0) is 18.8 Å². The molecule has 0 aliphatic heterocycles. The molecule has 66 valence electrons. The summed E-state index contributed by atoms with van der Waals surface area (Å²) in [5, 5.41) is 12.8. The Kier molecular flexibility index (Phi) is 3.34. The smallest absolute Gasteiger partial charge is 0.0580 e. The topological polar surface area (TPSA) is 32.3 Å². The molecule has 1 aliphatic carbocycles. The van der Waals surface area contributed by atoms with Gasteiger partial charge in [-0.3, -0.25) is 0 Å². The van der Waals surface area contributed by atoms with Crippen molar-refractivity contribution in [2.75, 3.05) is 6.54 Å². The molecule has 2 unspecified atom stereocenters. The van der Waals surface area contributed by atoms with E-state index in [4.69, 9.17) is 0 Å². The van der Waals surface area contributed by atoms with Gasteiger partial charge in [-0.15, -0.1) is 0 Å². The molecule has 1 aliphatic rings. The predicted molar refractivity (Wildman–Crippen MR) is 46.5 cm³/mol. The number of aliphatic hydroxyl groups is 1. The highest BCUT2D eigenvalue weighted by atomic mass is 16.3. The van der Waals surface area contributed by atoms with E-state index in [2.05, 4.69) is 19.2 Å². The van der Waals surface area contributed by atoms with Crippen molar-refractivity contribution in [2.24, 2.45) is 5.92 Å². The Morgan fingerprint density at radius 3 is 2.64 bits per heavy atom. The Hall–Kier alpha value is -0.0800. The third-order valence-electron chi connectivity index (χ3n) is 2.41. The Morgan fingerprint density at radius 2 is 2.18 bits per heavy atom. The second-order valence-electron chi connectivity index (χ2n) is 3.82. The van der Waals surface area contributed by atoms with Gasteiger partial charge in [0, 0.05) is 12.6 Å². The minimum absolute atomic E-state index is 0.0405. The molecule has 1 rings (SSSR count). The van der Waals surface area contributed by atoms with Crippen LogP contribution in [0.2, 0.25) is 0 Å². The average molecular weight is 157 g/mol. The Bertz CT molecular complexity index is 114. The van der Waals surface area contributed by atoms with Gasteiger partial charge in [0.2, 0.25) is 0 Å². The van der Waals surface area contributed by atoms with Gasteiger partial charge in [-0.25, -0.2) is 0 Å². The summed E-state index contributed by atoms with van der Waals surface area (Å²) in [5.41, 5.74) is 0. The van der Waals surface area contributed by atoms with Crippen LogP contribution in [0.4, 0.5) is 0 Å². The molecule has 0 spiro atoms. The van der Waals surface area contributed by atoms with Crippen LogP contribution in [0.1, 0.15) is 33.1 Å². The fourth-order valence-electron chi connectivity index (χ4n) is 1.64. The first-order valence-corrected chi connectivity index (χ1v) is 4.61. The molecule has 0 saturated heterocycles. The fraction of sp³-hybridized carbons (Fsp3) is 1.00. The molecule has 2 atom stereocenters. The number of rotatable bonds is 3. The highest BCUT2D eigenvalue weighted by molar-refractivity contribution is 4.78. The minimum Gasteiger partial charge on any atom is -0.393 e. The van der Waals surface area contributed by atoms with Gasteiger partial charge >= 0.3 is 0 Å². The summed E-state index contributed by atoms with van der Waals surface area (Å²) in [6, 6.07) is 0.544. The zero-order valence-electron chi connectivity index (χ0n) is 7.51. The summed E-state index contributed by atoms with van der Waals surface area (Å²) < 4.78 is 0. The van der Waals surface area contributed by atoms with Crippen LogP contribution in [0, 0.1) is 5.92 Å². The monoisotopic (exact) mass is 157 g/mol. The van der Waals surface area contributed by atoms with E-state index in [0.717, 1.165) is 13.0 Å². The number of nitrogens with one attached hydrogen (secondary N) is 1. The van der Waals surface area contributed by atoms with Crippen molar-refractivity contribution in [3.63, 3.8) is 0 Å². The molecule has 0 amide bonds. The summed E-state index contributed by atoms with van der Waals surface area (Å²) >= 11 is 0. The van der Waals surface area contributed by atoms with Gasteiger partial charge in [-0.2, -0.15) is 0 Å². The van der Waals surface area contributed by atoms with E-state index in [1.807, 2.05) is 0 Å². The highest BCUT2D eigenvalue weighted by Crippen LogP contribution is 2.24. The van der Waals surface area contributed by atoms with Gasteiger partial charge in [-0.1, -0.05) is 20.3 Å². The van der Waals surface area contributed by atoms with Crippen molar-refractivity contribution in [1.29, 1.82) is 0 Å². The van der Waals surface area contributed by atoms with Gasteiger partial charge in [0.05, 0.1) is 6.10 Å². The standard InChI is InChI=1S/C9H19NO/c1-7(2)10-6-8-4-3-5-9(8)11/h7-11H,3-6H2,1-2H3. The highest BCUT2D eigenvalue weighted by Gasteiger charge is 2.24. The molecule has 2 heteroatoms. The second kappa shape index (κ2) is 4.07. The Balaban J connectivity index is 2.15. The maximum atomic E-state index is 9.46. The summed E-state index contributed by atoms with van der Waals surface area (Å²) in [6.07, 6.45) is 3.36. The molecule has 11 heavy (non-hydrogen) atoms. The van der Waals surface area contributed by atoms with Crippen molar-refractivity contribution in [3.05, 3.63) is 0 Å². The van der Waals surface area contributed by atoms with E-state index in [-0.39, 0.29) is 6.10 Å². The lowest BCUT2D eigenvalue weighted by atomic mass is 10.1. The number of aliphatic hydroxyl groups excluding tert-OH is 1. The lowest BCUT2D eigenvalue weighted by molar-refractivity contribution is 0.130. The number of hydrogen-bond acceptors (Lipinski definition) is 2. The van der Waals surface area contributed by atoms with Crippen LogP contribution in [0.25, 0.3) is 0 Å². The maximum absolute atomic E-state index is 9.46.